The van der Waals surface area contributed by atoms with Gasteiger partial charge < -0.3 is 4.90 Å². The number of fused-ring (bicyclic) bond motifs is 8. The smallest absolute Gasteiger partial charge is 0.164 e. The highest BCUT2D eigenvalue weighted by molar-refractivity contribution is 5.93. The topological polar surface area (TPSA) is 41.9 Å². The molecule has 4 heteroatoms. The van der Waals surface area contributed by atoms with Crippen molar-refractivity contribution >= 4 is 17.1 Å². The molecule has 0 saturated carbocycles. The molecule has 0 saturated heterocycles. The van der Waals surface area contributed by atoms with Crippen LogP contribution in [-0.2, 0) is 68.6 Å². The normalized spacial score (nSPS) is 13.6. The molecule has 4 nitrogen and oxygen atoms in total. The first-order chi connectivity index (χ1) is 64.4. The molecule has 131 heavy (non-hydrogen) atoms. The van der Waals surface area contributed by atoms with Crippen molar-refractivity contribution in [1.82, 2.24) is 15.0 Å². The minimum absolute atomic E-state index is 0.249. The van der Waals surface area contributed by atoms with Crippen molar-refractivity contribution < 1.29 is 0 Å². The maximum atomic E-state index is 5.30. The predicted octanol–water partition coefficient (Wildman–Crippen LogP) is 34.3. The van der Waals surface area contributed by atoms with Crippen LogP contribution in [0.1, 0.15) is 276 Å². The zero-order chi connectivity index (χ0) is 89.2. The lowest BCUT2D eigenvalue weighted by atomic mass is 9.66. The lowest BCUT2D eigenvalue weighted by Gasteiger charge is -2.35. The van der Waals surface area contributed by atoms with E-state index in [9.17, 15) is 0 Å². The van der Waals surface area contributed by atoms with E-state index in [2.05, 4.69) is 357 Å². The molecule has 1 heterocycles. The summed E-state index contributed by atoms with van der Waals surface area (Å²) in [5.41, 5.74) is 43.9. The molecule has 0 radical (unpaired) electrons. The lowest BCUT2D eigenvalue weighted by Crippen LogP contribution is -2.29. The second-order valence-corrected chi connectivity index (χ2v) is 39.1. The van der Waals surface area contributed by atoms with E-state index in [1.807, 2.05) is 0 Å². The molecule has 660 valence electrons. The molecule has 1 atom stereocenters. The van der Waals surface area contributed by atoms with Gasteiger partial charge >= 0.3 is 0 Å². The number of anilines is 3. The molecule has 0 N–H and O–H groups in total. The first-order valence-corrected chi connectivity index (χ1v) is 50.5. The number of hydrogen-bond acceptors (Lipinski definition) is 4. The van der Waals surface area contributed by atoms with Crippen LogP contribution >= 0.6 is 0 Å². The molecule has 1 unspecified atom stereocenters. The number of aromatic nitrogens is 3. The van der Waals surface area contributed by atoms with Gasteiger partial charge in [-0.3, -0.25) is 0 Å². The molecule has 15 aromatic rings. The summed E-state index contributed by atoms with van der Waals surface area (Å²) in [5.74, 6) is 2.55. The average Bonchev–Trinajstić information content (AvgIpc) is 1.54. The molecule has 4 aliphatic carbocycles. The molecule has 0 bridgehead atoms. The minimum Gasteiger partial charge on any atom is -0.311 e. The Morgan fingerprint density at radius 2 is 0.595 bits per heavy atom. The van der Waals surface area contributed by atoms with Gasteiger partial charge in [0.05, 0.1) is 5.41 Å². The standard InChI is InChI=1S/C127H132N4/c1-8-12-15-20-29-91-42-50-102(51-43-91)124-128-123(101-46-38-88(5)39-47-101)129-125(130-124)103-56-52-99(53-57-103)106-64-74-115-116-75-66-108(85-120(116)126(119(115)84-106,78-25-18-23-32-94-44-48-97-54-58-104(97)80-94)79-26-19-24-33-95-45-49-98-55-59-105(98)81-95)109-67-77-118-117-76-65-107(100-62-72-114(73-63-100)131(112-68-40-89(6)41-69-112)113-70-60-96(61-71-113)90(7)11-4)86-121(117)127(122(118)87-109,110-36-27-34-92(82-110)30-21-16-13-9-2)111-37-28-35-93(83-111)31-22-17-14-10-3/h27-28,34-53,56-57,60-77,80-87,90H,8-26,29-33,54-55,58-59,78-79H2,1-7H3. The van der Waals surface area contributed by atoms with Crippen molar-refractivity contribution in [1.29, 1.82) is 0 Å². The van der Waals surface area contributed by atoms with Crippen LogP contribution in [0.3, 0.4) is 0 Å². The Kier molecular flexibility index (Phi) is 27.1. The van der Waals surface area contributed by atoms with Crippen molar-refractivity contribution in [2.24, 2.45) is 0 Å². The highest BCUT2D eigenvalue weighted by Gasteiger charge is 2.48. The summed E-state index contributed by atoms with van der Waals surface area (Å²) in [6.07, 6.45) is 35.4. The lowest BCUT2D eigenvalue weighted by molar-refractivity contribution is 0.402. The fraction of sp³-hybridized carbons (Fsp3) is 0.315. The third-order valence-corrected chi connectivity index (χ3v) is 30.2. The van der Waals surface area contributed by atoms with E-state index in [-0.39, 0.29) is 5.41 Å². The fourth-order valence-electron chi connectivity index (χ4n) is 22.1. The second kappa shape index (κ2) is 40.3. The van der Waals surface area contributed by atoms with Crippen molar-refractivity contribution in [3.8, 4) is 89.8 Å². The summed E-state index contributed by atoms with van der Waals surface area (Å²) in [4.78, 5) is 18.2. The first kappa shape index (κ1) is 88.2. The monoisotopic (exact) mass is 1710 g/mol. The number of aryl methyl sites for hydroxylation is 11. The molecule has 1 aromatic heterocycles. The summed E-state index contributed by atoms with van der Waals surface area (Å²) in [7, 11) is 0. The number of nitrogens with zero attached hydrogens (tertiary/aromatic N) is 4. The van der Waals surface area contributed by atoms with Crippen LogP contribution in [-0.4, -0.2) is 15.0 Å². The van der Waals surface area contributed by atoms with Gasteiger partial charge in [-0.05, 0) is 334 Å². The van der Waals surface area contributed by atoms with Crippen LogP contribution in [0.15, 0.2) is 303 Å². The molecule has 0 spiro atoms. The molecule has 0 fully saturated rings. The van der Waals surface area contributed by atoms with Crippen LogP contribution in [0.2, 0.25) is 0 Å². The van der Waals surface area contributed by atoms with E-state index >= 15 is 0 Å². The first-order valence-electron chi connectivity index (χ1n) is 50.5. The molecule has 14 aromatic carbocycles. The molecular weight excluding hydrogens is 1580 g/mol. The number of benzene rings is 14. The van der Waals surface area contributed by atoms with Crippen molar-refractivity contribution in [3.05, 3.63) is 403 Å². The Hall–Kier alpha value is -12.1. The Labute approximate surface area is 782 Å². The Bertz CT molecular complexity index is 6360. The highest BCUT2D eigenvalue weighted by atomic mass is 15.1. The number of rotatable bonds is 40. The Morgan fingerprint density at radius 1 is 0.275 bits per heavy atom. The van der Waals surface area contributed by atoms with Crippen LogP contribution in [0.5, 0.6) is 0 Å². The van der Waals surface area contributed by atoms with Gasteiger partial charge in [0, 0.05) is 39.2 Å². The Balaban J connectivity index is 0.729. The molecule has 0 aliphatic heterocycles. The quantitative estimate of drug-likeness (QED) is 0.0359. The van der Waals surface area contributed by atoms with E-state index in [1.54, 1.807) is 22.3 Å². The van der Waals surface area contributed by atoms with E-state index in [0.717, 1.165) is 98.0 Å². The van der Waals surface area contributed by atoms with Gasteiger partial charge in [0.2, 0.25) is 0 Å². The second-order valence-electron chi connectivity index (χ2n) is 39.1. The SMILES string of the molecule is CCCCCCc1ccc(-c2nc(-c3ccc(C)cc3)nc(-c3ccc(-c4ccc5c(c4)C(CCCCCc4ccc6c(c4)CC6)(CCCCCc4ccc6c(c4)CC6)c4cc(-c6ccc7c(c6)C(c6cccc(CCCCCC)c6)(c6cccc(CCCCCC)c6)c6cc(-c8ccc(N(c9ccc(C)cc9)c9ccc(C(C)CC)cc9)cc8)ccc6-7)ccc4-5)cc3)n2)cc1. The largest absolute Gasteiger partial charge is 0.311 e. The minimum atomic E-state index is -0.663. The van der Waals surface area contributed by atoms with Crippen molar-refractivity contribution in [2.75, 3.05) is 4.90 Å². The maximum absolute atomic E-state index is 5.30. The van der Waals surface area contributed by atoms with Gasteiger partial charge in [-0.25, -0.2) is 15.0 Å². The molecule has 0 amide bonds. The van der Waals surface area contributed by atoms with Gasteiger partial charge in [0.15, 0.2) is 17.5 Å². The highest BCUT2D eigenvalue weighted by Crippen LogP contribution is 2.60. The van der Waals surface area contributed by atoms with Gasteiger partial charge in [-0.15, -0.1) is 0 Å². The van der Waals surface area contributed by atoms with E-state index in [0.29, 0.717) is 23.4 Å². The summed E-state index contributed by atoms with van der Waals surface area (Å²) < 4.78 is 0. The molecule has 19 rings (SSSR count). The zero-order valence-electron chi connectivity index (χ0n) is 78.9. The van der Waals surface area contributed by atoms with Crippen molar-refractivity contribution in [2.45, 2.75) is 258 Å². The van der Waals surface area contributed by atoms with Crippen LogP contribution in [0, 0.1) is 13.8 Å². The predicted molar refractivity (Wildman–Crippen MR) is 554 cm³/mol. The zero-order valence-corrected chi connectivity index (χ0v) is 78.9. The molecular formula is C127H132N4. The van der Waals surface area contributed by atoms with Crippen LogP contribution in [0.4, 0.5) is 17.1 Å². The van der Waals surface area contributed by atoms with Crippen LogP contribution < -0.4 is 4.90 Å². The average molecular weight is 1710 g/mol. The van der Waals surface area contributed by atoms with Gasteiger partial charge in [-0.1, -0.05) is 372 Å². The van der Waals surface area contributed by atoms with Gasteiger partial charge in [-0.2, -0.15) is 0 Å². The number of unbranched alkanes of at least 4 members (excludes halogenated alkanes) is 13. The van der Waals surface area contributed by atoms with Crippen LogP contribution in [0.25, 0.3) is 89.8 Å². The van der Waals surface area contributed by atoms with Crippen molar-refractivity contribution in [3.63, 3.8) is 0 Å². The summed E-state index contributed by atoms with van der Waals surface area (Å²) in [5, 5.41) is 0. The van der Waals surface area contributed by atoms with E-state index in [1.165, 1.54) is 262 Å². The van der Waals surface area contributed by atoms with Gasteiger partial charge in [0.25, 0.3) is 0 Å². The summed E-state index contributed by atoms with van der Waals surface area (Å²) >= 11 is 0. The Morgan fingerprint density at radius 3 is 1.00 bits per heavy atom. The fourth-order valence-corrected chi connectivity index (χ4v) is 22.1. The third-order valence-electron chi connectivity index (χ3n) is 30.2. The maximum Gasteiger partial charge on any atom is 0.164 e. The third kappa shape index (κ3) is 18.8. The summed E-state index contributed by atoms with van der Waals surface area (Å²) in [6, 6.07) is 120. The molecule has 4 aliphatic rings. The summed E-state index contributed by atoms with van der Waals surface area (Å²) in [6.45, 7) is 15.9. The number of hydrogen-bond donors (Lipinski definition) is 0. The van der Waals surface area contributed by atoms with E-state index in [4.69, 9.17) is 15.0 Å². The van der Waals surface area contributed by atoms with E-state index < -0.39 is 5.41 Å². The van der Waals surface area contributed by atoms with Gasteiger partial charge in [0.1, 0.15) is 0 Å².